The number of nitrogens with one attached hydrogen (secondary N) is 1. The van der Waals surface area contributed by atoms with Crippen molar-refractivity contribution in [1.82, 2.24) is 9.55 Å². The molecule has 0 aliphatic rings. The number of fused-ring (bicyclic) bond motifs is 1. The molecule has 1 heterocycles. The van der Waals surface area contributed by atoms with Crippen LogP contribution in [-0.4, -0.2) is 15.5 Å². The molecule has 0 aliphatic heterocycles. The highest BCUT2D eigenvalue weighted by Crippen LogP contribution is 2.25. The average molecular weight is 365 g/mol. The summed E-state index contributed by atoms with van der Waals surface area (Å²) >= 11 is 9.42. The number of nitrogens with zero attached hydrogens (tertiary/aromatic N) is 2. The number of carbonyl (C=O) groups is 1. The lowest BCUT2D eigenvalue weighted by Gasteiger charge is -2.08. The lowest BCUT2D eigenvalue weighted by Crippen LogP contribution is -2.18. The second-order valence-corrected chi connectivity index (χ2v) is 5.86. The first kappa shape index (κ1) is 14.1. The van der Waals surface area contributed by atoms with Crippen molar-refractivity contribution in [3.8, 4) is 0 Å². The number of amides is 1. The fourth-order valence-electron chi connectivity index (χ4n) is 2.07. The minimum atomic E-state index is -0.151. The van der Waals surface area contributed by atoms with Gasteiger partial charge in [0, 0.05) is 4.47 Å². The molecule has 0 bridgehead atoms. The van der Waals surface area contributed by atoms with Gasteiger partial charge in [0.1, 0.15) is 6.54 Å². The predicted octanol–water partition coefficient (Wildman–Crippen LogP) is 4.09. The van der Waals surface area contributed by atoms with Crippen LogP contribution < -0.4 is 5.32 Å². The number of para-hydroxylation sites is 2. The van der Waals surface area contributed by atoms with Gasteiger partial charge in [-0.05, 0) is 30.3 Å². The minimum Gasteiger partial charge on any atom is -0.323 e. The lowest BCUT2D eigenvalue weighted by molar-refractivity contribution is -0.116. The van der Waals surface area contributed by atoms with E-state index in [4.69, 9.17) is 11.6 Å². The smallest absolute Gasteiger partial charge is 0.244 e. The van der Waals surface area contributed by atoms with E-state index in [1.54, 1.807) is 23.0 Å². The Hall–Kier alpha value is -1.85. The molecule has 0 atom stereocenters. The van der Waals surface area contributed by atoms with Crippen molar-refractivity contribution in [2.45, 2.75) is 6.54 Å². The van der Waals surface area contributed by atoms with E-state index in [0.717, 1.165) is 15.5 Å². The summed E-state index contributed by atoms with van der Waals surface area (Å²) in [4.78, 5) is 16.4. The molecule has 6 heteroatoms. The van der Waals surface area contributed by atoms with Gasteiger partial charge in [0.25, 0.3) is 0 Å². The SMILES string of the molecule is O=C(Cn1cnc2ccccc21)Nc1ccc(Br)cc1Cl. The van der Waals surface area contributed by atoms with E-state index >= 15 is 0 Å². The largest absolute Gasteiger partial charge is 0.323 e. The molecule has 0 spiro atoms. The van der Waals surface area contributed by atoms with E-state index in [9.17, 15) is 4.79 Å². The molecular weight excluding hydrogens is 354 g/mol. The van der Waals surface area contributed by atoms with E-state index in [0.29, 0.717) is 10.7 Å². The van der Waals surface area contributed by atoms with Gasteiger partial charge in [0.15, 0.2) is 0 Å². The van der Waals surface area contributed by atoms with Gasteiger partial charge in [-0.25, -0.2) is 4.98 Å². The van der Waals surface area contributed by atoms with E-state index in [1.165, 1.54) is 0 Å². The Morgan fingerprint density at radius 3 is 2.90 bits per heavy atom. The van der Waals surface area contributed by atoms with Crippen LogP contribution in [0.5, 0.6) is 0 Å². The molecule has 21 heavy (non-hydrogen) atoms. The summed E-state index contributed by atoms with van der Waals surface area (Å²) in [5.74, 6) is -0.151. The Kier molecular flexibility index (Phi) is 3.94. The van der Waals surface area contributed by atoms with Crippen molar-refractivity contribution in [3.63, 3.8) is 0 Å². The van der Waals surface area contributed by atoms with Crippen molar-refractivity contribution in [3.05, 3.63) is 58.3 Å². The van der Waals surface area contributed by atoms with Gasteiger partial charge in [0.05, 0.1) is 28.1 Å². The van der Waals surface area contributed by atoms with Gasteiger partial charge in [-0.15, -0.1) is 0 Å². The van der Waals surface area contributed by atoms with E-state index < -0.39 is 0 Å². The predicted molar refractivity (Wildman–Crippen MR) is 87.5 cm³/mol. The number of benzene rings is 2. The molecule has 1 aromatic heterocycles. The number of carbonyl (C=O) groups excluding carboxylic acids is 1. The molecule has 106 valence electrons. The molecule has 0 radical (unpaired) electrons. The zero-order valence-corrected chi connectivity index (χ0v) is 13.2. The highest BCUT2D eigenvalue weighted by Gasteiger charge is 2.09. The van der Waals surface area contributed by atoms with Crippen molar-refractivity contribution < 1.29 is 4.79 Å². The molecule has 3 aromatic rings. The Morgan fingerprint density at radius 1 is 1.29 bits per heavy atom. The van der Waals surface area contributed by atoms with Gasteiger partial charge in [-0.1, -0.05) is 39.7 Å². The number of halogens is 2. The van der Waals surface area contributed by atoms with Gasteiger partial charge < -0.3 is 9.88 Å². The van der Waals surface area contributed by atoms with Crippen molar-refractivity contribution >= 4 is 50.2 Å². The standard InChI is InChI=1S/C15H11BrClN3O/c16-10-5-6-12(11(17)7-10)19-15(21)8-20-9-18-13-3-1-2-4-14(13)20/h1-7,9H,8H2,(H,19,21). The summed E-state index contributed by atoms with van der Waals surface area (Å²) in [7, 11) is 0. The summed E-state index contributed by atoms with van der Waals surface area (Å²) in [5.41, 5.74) is 2.39. The molecule has 0 saturated heterocycles. The molecular formula is C15H11BrClN3O. The quantitative estimate of drug-likeness (QED) is 0.761. The normalized spacial score (nSPS) is 10.8. The molecule has 0 fully saturated rings. The molecule has 1 N–H and O–H groups in total. The third-order valence-corrected chi connectivity index (χ3v) is 3.85. The first-order valence-electron chi connectivity index (χ1n) is 6.28. The molecule has 2 aromatic carbocycles. The molecule has 0 saturated carbocycles. The van der Waals surface area contributed by atoms with Gasteiger partial charge in [-0.3, -0.25) is 4.79 Å². The first-order valence-corrected chi connectivity index (χ1v) is 7.45. The maximum atomic E-state index is 12.1. The number of hydrogen-bond acceptors (Lipinski definition) is 2. The summed E-state index contributed by atoms with van der Waals surface area (Å²) in [6.45, 7) is 0.187. The van der Waals surface area contributed by atoms with Crippen LogP contribution in [-0.2, 0) is 11.3 Å². The Morgan fingerprint density at radius 2 is 2.10 bits per heavy atom. The van der Waals surface area contributed by atoms with Gasteiger partial charge >= 0.3 is 0 Å². The molecule has 0 aliphatic carbocycles. The second kappa shape index (κ2) is 5.87. The molecule has 3 rings (SSSR count). The fraction of sp³-hybridized carbons (Fsp3) is 0.0667. The third kappa shape index (κ3) is 3.09. The topological polar surface area (TPSA) is 46.9 Å². The third-order valence-electron chi connectivity index (χ3n) is 3.05. The monoisotopic (exact) mass is 363 g/mol. The van der Waals surface area contributed by atoms with Crippen LogP contribution >= 0.6 is 27.5 Å². The maximum absolute atomic E-state index is 12.1. The maximum Gasteiger partial charge on any atom is 0.244 e. The summed E-state index contributed by atoms with van der Waals surface area (Å²) in [5, 5.41) is 3.29. The highest BCUT2D eigenvalue weighted by atomic mass is 79.9. The van der Waals surface area contributed by atoms with Crippen molar-refractivity contribution in [2.24, 2.45) is 0 Å². The fourth-order valence-corrected chi connectivity index (χ4v) is 2.79. The number of anilines is 1. The summed E-state index contributed by atoms with van der Waals surface area (Å²) in [6, 6.07) is 13.0. The molecule has 4 nitrogen and oxygen atoms in total. The van der Waals surface area contributed by atoms with E-state index in [1.807, 2.05) is 30.3 Å². The number of imidazole rings is 1. The van der Waals surface area contributed by atoms with Crippen LogP contribution in [0.4, 0.5) is 5.69 Å². The summed E-state index contributed by atoms with van der Waals surface area (Å²) in [6.07, 6.45) is 1.66. The summed E-state index contributed by atoms with van der Waals surface area (Å²) < 4.78 is 2.67. The Bertz CT molecular complexity index is 816. The number of rotatable bonds is 3. The second-order valence-electron chi connectivity index (χ2n) is 4.53. The number of hydrogen-bond donors (Lipinski definition) is 1. The molecule has 1 amide bonds. The minimum absolute atomic E-state index is 0.151. The van der Waals surface area contributed by atoms with Gasteiger partial charge in [-0.2, -0.15) is 0 Å². The van der Waals surface area contributed by atoms with Gasteiger partial charge in [0.2, 0.25) is 5.91 Å². The van der Waals surface area contributed by atoms with Crippen LogP contribution in [0.25, 0.3) is 11.0 Å². The van der Waals surface area contributed by atoms with Crippen LogP contribution in [0.15, 0.2) is 53.3 Å². The highest BCUT2D eigenvalue weighted by molar-refractivity contribution is 9.10. The van der Waals surface area contributed by atoms with Crippen LogP contribution in [0, 0.1) is 0 Å². The van der Waals surface area contributed by atoms with Crippen LogP contribution in [0.3, 0.4) is 0 Å². The van der Waals surface area contributed by atoms with E-state index in [2.05, 4.69) is 26.2 Å². The number of aromatic nitrogens is 2. The lowest BCUT2D eigenvalue weighted by atomic mass is 10.3. The molecule has 0 unspecified atom stereocenters. The first-order chi connectivity index (χ1) is 10.1. The zero-order chi connectivity index (χ0) is 14.8. The van der Waals surface area contributed by atoms with Crippen LogP contribution in [0.1, 0.15) is 0 Å². The Labute approximate surface area is 134 Å². The van der Waals surface area contributed by atoms with Crippen LogP contribution in [0.2, 0.25) is 5.02 Å². The van der Waals surface area contributed by atoms with Crippen molar-refractivity contribution in [1.29, 1.82) is 0 Å². The van der Waals surface area contributed by atoms with Crippen molar-refractivity contribution in [2.75, 3.05) is 5.32 Å². The average Bonchev–Trinajstić information content (AvgIpc) is 2.85. The zero-order valence-electron chi connectivity index (χ0n) is 10.9. The van der Waals surface area contributed by atoms with E-state index in [-0.39, 0.29) is 12.5 Å². The Balaban J connectivity index is 1.77.